The van der Waals surface area contributed by atoms with Crippen LogP contribution in [0, 0.1) is 11.8 Å². The van der Waals surface area contributed by atoms with Crippen molar-refractivity contribution in [2.24, 2.45) is 0 Å². The highest BCUT2D eigenvalue weighted by Gasteiger charge is 2.05. The Morgan fingerprint density at radius 1 is 1.28 bits per heavy atom. The summed E-state index contributed by atoms with van der Waals surface area (Å²) in [6.07, 6.45) is -0.388. The summed E-state index contributed by atoms with van der Waals surface area (Å²) in [7, 11) is 1.54. The van der Waals surface area contributed by atoms with Gasteiger partial charge in [0.1, 0.15) is 19.5 Å². The van der Waals surface area contributed by atoms with Crippen LogP contribution in [-0.2, 0) is 20.8 Å². The van der Waals surface area contributed by atoms with Crippen LogP contribution < -0.4 is 0 Å². The third kappa shape index (κ3) is 6.38. The number of aliphatic hydroxyl groups excluding tert-OH is 1. The summed E-state index contributed by atoms with van der Waals surface area (Å²) in [6, 6.07) is 9.86. The van der Waals surface area contributed by atoms with Crippen LogP contribution in [0.5, 0.6) is 0 Å². The molecular weight excluding hydrogens is 232 g/mol. The van der Waals surface area contributed by atoms with Crippen molar-refractivity contribution in [3.63, 3.8) is 0 Å². The Hall–Kier alpha value is -1.38. The second-order valence-electron chi connectivity index (χ2n) is 3.54. The molecule has 98 valence electrons. The van der Waals surface area contributed by atoms with Gasteiger partial charge in [-0.2, -0.15) is 0 Å². The van der Waals surface area contributed by atoms with E-state index in [1.807, 2.05) is 30.3 Å². The molecule has 0 aliphatic rings. The summed E-state index contributed by atoms with van der Waals surface area (Å²) in [5, 5.41) is 8.64. The summed E-state index contributed by atoms with van der Waals surface area (Å²) in [5.41, 5.74) is 1.10. The summed E-state index contributed by atoms with van der Waals surface area (Å²) in [4.78, 5) is 0. The lowest BCUT2D eigenvalue weighted by Crippen LogP contribution is -2.19. The highest BCUT2D eigenvalue weighted by Crippen LogP contribution is 2.02. The van der Waals surface area contributed by atoms with Gasteiger partial charge in [-0.15, -0.1) is 0 Å². The first kappa shape index (κ1) is 14.7. The maximum absolute atomic E-state index is 8.64. The average Bonchev–Trinajstić information content (AvgIpc) is 2.42. The monoisotopic (exact) mass is 250 g/mol. The molecule has 0 amide bonds. The predicted molar refractivity (Wildman–Crippen MR) is 67.7 cm³/mol. The number of benzene rings is 1. The molecule has 0 aliphatic heterocycles. The standard InChI is InChI=1S/C14H18O4/c1-16-12-18-14(8-5-9-15)11-17-10-13-6-3-2-4-7-13/h2-4,6-7,14-15H,9-12H2,1H3/t14-/m1/s1. The highest BCUT2D eigenvalue weighted by atomic mass is 16.7. The van der Waals surface area contributed by atoms with Crippen molar-refractivity contribution in [3.8, 4) is 11.8 Å². The smallest absolute Gasteiger partial charge is 0.148 e. The number of rotatable bonds is 7. The van der Waals surface area contributed by atoms with Crippen molar-refractivity contribution < 1.29 is 19.3 Å². The molecule has 18 heavy (non-hydrogen) atoms. The predicted octanol–water partition coefficient (Wildman–Crippen LogP) is 1.19. The molecule has 0 fully saturated rings. The molecule has 0 saturated carbocycles. The maximum Gasteiger partial charge on any atom is 0.148 e. The van der Waals surface area contributed by atoms with Gasteiger partial charge >= 0.3 is 0 Å². The third-order valence-electron chi connectivity index (χ3n) is 2.11. The van der Waals surface area contributed by atoms with E-state index in [0.29, 0.717) is 13.2 Å². The number of methoxy groups -OCH3 is 1. The van der Waals surface area contributed by atoms with E-state index in [1.54, 1.807) is 7.11 Å². The van der Waals surface area contributed by atoms with Crippen molar-refractivity contribution >= 4 is 0 Å². The topological polar surface area (TPSA) is 47.9 Å². The van der Waals surface area contributed by atoms with Gasteiger partial charge in [-0.1, -0.05) is 42.2 Å². The Balaban J connectivity index is 2.32. The molecule has 0 spiro atoms. The van der Waals surface area contributed by atoms with E-state index >= 15 is 0 Å². The van der Waals surface area contributed by atoms with E-state index < -0.39 is 0 Å². The SMILES string of the molecule is COCO[C@H](C#CCO)COCc1ccccc1. The van der Waals surface area contributed by atoms with Crippen LogP contribution in [0.2, 0.25) is 0 Å². The van der Waals surface area contributed by atoms with E-state index in [-0.39, 0.29) is 19.5 Å². The molecule has 0 bridgehead atoms. The van der Waals surface area contributed by atoms with Crippen molar-refractivity contribution in [3.05, 3.63) is 35.9 Å². The molecular formula is C14H18O4. The minimum Gasteiger partial charge on any atom is -0.384 e. The van der Waals surface area contributed by atoms with Gasteiger partial charge in [0.15, 0.2) is 0 Å². The average molecular weight is 250 g/mol. The largest absolute Gasteiger partial charge is 0.384 e. The number of aliphatic hydroxyl groups is 1. The molecule has 1 rings (SSSR count). The van der Waals surface area contributed by atoms with Gasteiger partial charge in [0, 0.05) is 7.11 Å². The Labute approximate surface area is 107 Å². The van der Waals surface area contributed by atoms with Gasteiger partial charge in [0.05, 0.1) is 13.2 Å². The third-order valence-corrected chi connectivity index (χ3v) is 2.11. The number of hydrogen-bond donors (Lipinski definition) is 1. The van der Waals surface area contributed by atoms with Crippen LogP contribution in [0.1, 0.15) is 5.56 Å². The molecule has 0 aromatic heterocycles. The van der Waals surface area contributed by atoms with Gasteiger partial charge < -0.3 is 19.3 Å². The van der Waals surface area contributed by atoms with Gasteiger partial charge in [-0.25, -0.2) is 0 Å². The molecule has 4 nitrogen and oxygen atoms in total. The van der Waals surface area contributed by atoms with Crippen molar-refractivity contribution in [1.29, 1.82) is 0 Å². The maximum atomic E-state index is 8.64. The van der Waals surface area contributed by atoms with Crippen molar-refractivity contribution in [1.82, 2.24) is 0 Å². The van der Waals surface area contributed by atoms with E-state index in [2.05, 4.69) is 11.8 Å². The molecule has 1 atom stereocenters. The molecule has 0 aliphatic carbocycles. The molecule has 1 aromatic carbocycles. The summed E-state index contributed by atoms with van der Waals surface area (Å²) in [6.45, 7) is 0.810. The minimum absolute atomic E-state index is 0.152. The minimum atomic E-state index is -0.388. The summed E-state index contributed by atoms with van der Waals surface area (Å²) in [5.74, 6) is 5.31. The zero-order valence-corrected chi connectivity index (χ0v) is 10.5. The van der Waals surface area contributed by atoms with Gasteiger partial charge in [0.25, 0.3) is 0 Å². The molecule has 1 aromatic rings. The Bertz CT molecular complexity index is 366. The van der Waals surface area contributed by atoms with Crippen LogP contribution in [0.3, 0.4) is 0 Å². The lowest BCUT2D eigenvalue weighted by molar-refractivity contribution is -0.0780. The number of hydrogen-bond acceptors (Lipinski definition) is 4. The van der Waals surface area contributed by atoms with Gasteiger partial charge in [0.2, 0.25) is 0 Å². The van der Waals surface area contributed by atoms with Crippen molar-refractivity contribution in [2.75, 3.05) is 27.1 Å². The lowest BCUT2D eigenvalue weighted by atomic mass is 10.2. The van der Waals surface area contributed by atoms with Crippen LogP contribution in [0.25, 0.3) is 0 Å². The molecule has 0 saturated heterocycles. The summed E-state index contributed by atoms with van der Waals surface area (Å²) >= 11 is 0. The van der Waals surface area contributed by atoms with Crippen LogP contribution in [0.15, 0.2) is 30.3 Å². The first-order valence-electron chi connectivity index (χ1n) is 5.68. The fourth-order valence-electron chi connectivity index (χ4n) is 1.30. The highest BCUT2D eigenvalue weighted by molar-refractivity contribution is 5.13. The fraction of sp³-hybridized carbons (Fsp3) is 0.429. The second-order valence-corrected chi connectivity index (χ2v) is 3.54. The zero-order valence-electron chi connectivity index (χ0n) is 10.5. The molecule has 0 unspecified atom stereocenters. The van der Waals surface area contributed by atoms with E-state index in [4.69, 9.17) is 19.3 Å². The zero-order chi connectivity index (χ0) is 13.1. The Kier molecular flexibility index (Phi) is 7.85. The van der Waals surface area contributed by atoms with Gasteiger partial charge in [-0.3, -0.25) is 0 Å². The second kappa shape index (κ2) is 9.63. The molecule has 0 radical (unpaired) electrons. The van der Waals surface area contributed by atoms with E-state index in [1.165, 1.54) is 0 Å². The van der Waals surface area contributed by atoms with E-state index in [0.717, 1.165) is 5.56 Å². The molecule has 1 N–H and O–H groups in total. The molecule has 4 heteroatoms. The fourth-order valence-corrected chi connectivity index (χ4v) is 1.30. The van der Waals surface area contributed by atoms with Crippen LogP contribution >= 0.6 is 0 Å². The Morgan fingerprint density at radius 2 is 2.06 bits per heavy atom. The number of ether oxygens (including phenoxy) is 3. The Morgan fingerprint density at radius 3 is 2.72 bits per heavy atom. The van der Waals surface area contributed by atoms with E-state index in [9.17, 15) is 0 Å². The quantitative estimate of drug-likeness (QED) is 0.583. The normalized spacial score (nSPS) is 11.7. The summed E-state index contributed by atoms with van der Waals surface area (Å²) < 4.78 is 15.6. The first-order valence-corrected chi connectivity index (χ1v) is 5.68. The van der Waals surface area contributed by atoms with Crippen LogP contribution in [0.4, 0.5) is 0 Å². The lowest BCUT2D eigenvalue weighted by Gasteiger charge is -2.12. The molecule has 0 heterocycles. The van der Waals surface area contributed by atoms with Crippen LogP contribution in [-0.4, -0.2) is 38.3 Å². The van der Waals surface area contributed by atoms with Gasteiger partial charge in [-0.05, 0) is 5.56 Å². The van der Waals surface area contributed by atoms with Crippen molar-refractivity contribution in [2.45, 2.75) is 12.7 Å². The first-order chi connectivity index (χ1) is 8.86.